The highest BCUT2D eigenvalue weighted by molar-refractivity contribution is 5.82. The number of carbonyl (C=O) groups excluding carboxylic acids is 1. The average Bonchev–Trinajstić information content (AvgIpc) is 2.59. The maximum atomic E-state index is 12.2. The zero-order valence-electron chi connectivity index (χ0n) is 11.6. The molecule has 1 saturated heterocycles. The topological polar surface area (TPSA) is 43.8 Å². The normalized spacial score (nSPS) is 23.2. The highest BCUT2D eigenvalue weighted by Gasteiger charge is 2.33. The molecule has 1 amide bonds. The Labute approximate surface area is 114 Å². The zero-order valence-corrected chi connectivity index (χ0v) is 11.6. The molecule has 1 aliphatic rings. The van der Waals surface area contributed by atoms with Gasteiger partial charge in [0.25, 0.3) is 0 Å². The van der Waals surface area contributed by atoms with Gasteiger partial charge in [-0.15, -0.1) is 0 Å². The molecule has 2 rings (SSSR count). The van der Waals surface area contributed by atoms with Crippen LogP contribution in [0.2, 0.25) is 0 Å². The third kappa shape index (κ3) is 2.96. The maximum absolute atomic E-state index is 12.2. The fourth-order valence-electron chi connectivity index (χ4n) is 2.72. The number of hydrogen-bond donors (Lipinski definition) is 1. The standard InChI is InChI=1S/C15H22N2O2/c1-12(13-7-4-3-5-8-13)17-10-6-9-16(2)15(19)14(17)11-18/h3-5,7-8,12,14,18H,6,9-11H2,1-2H3. The number of nitrogens with zero attached hydrogens (tertiary/aromatic N) is 2. The summed E-state index contributed by atoms with van der Waals surface area (Å²) in [5.41, 5.74) is 1.18. The van der Waals surface area contributed by atoms with Gasteiger partial charge < -0.3 is 10.0 Å². The zero-order chi connectivity index (χ0) is 13.8. The molecule has 0 bridgehead atoms. The molecule has 0 spiro atoms. The van der Waals surface area contributed by atoms with Crippen molar-refractivity contribution in [1.82, 2.24) is 9.80 Å². The second kappa shape index (κ2) is 6.17. The summed E-state index contributed by atoms with van der Waals surface area (Å²) in [6.45, 7) is 3.56. The molecule has 0 saturated carbocycles. The van der Waals surface area contributed by atoms with E-state index in [2.05, 4.69) is 24.0 Å². The molecule has 4 heteroatoms. The molecule has 1 heterocycles. The Balaban J connectivity index is 2.23. The van der Waals surface area contributed by atoms with Crippen molar-refractivity contribution in [2.24, 2.45) is 0 Å². The van der Waals surface area contributed by atoms with Crippen molar-refractivity contribution in [2.45, 2.75) is 25.4 Å². The summed E-state index contributed by atoms with van der Waals surface area (Å²) in [7, 11) is 1.81. The number of aliphatic hydroxyl groups is 1. The van der Waals surface area contributed by atoms with Crippen molar-refractivity contribution in [3.8, 4) is 0 Å². The van der Waals surface area contributed by atoms with Crippen molar-refractivity contribution in [3.63, 3.8) is 0 Å². The second-order valence-corrected chi connectivity index (χ2v) is 5.14. The summed E-state index contributed by atoms with van der Waals surface area (Å²) >= 11 is 0. The van der Waals surface area contributed by atoms with Gasteiger partial charge in [0, 0.05) is 26.2 Å². The van der Waals surface area contributed by atoms with Crippen LogP contribution in [0.1, 0.15) is 24.9 Å². The predicted molar refractivity (Wildman–Crippen MR) is 74.7 cm³/mol. The Morgan fingerprint density at radius 2 is 2.00 bits per heavy atom. The van der Waals surface area contributed by atoms with Crippen molar-refractivity contribution in [3.05, 3.63) is 35.9 Å². The molecule has 2 unspecified atom stereocenters. The fourth-order valence-corrected chi connectivity index (χ4v) is 2.72. The van der Waals surface area contributed by atoms with E-state index in [0.717, 1.165) is 19.5 Å². The van der Waals surface area contributed by atoms with E-state index in [0.29, 0.717) is 0 Å². The van der Waals surface area contributed by atoms with E-state index in [-0.39, 0.29) is 18.6 Å². The summed E-state index contributed by atoms with van der Waals surface area (Å²) in [4.78, 5) is 16.1. The average molecular weight is 262 g/mol. The number of rotatable bonds is 3. The summed E-state index contributed by atoms with van der Waals surface area (Å²) in [5.74, 6) is 0.0165. The molecule has 2 atom stereocenters. The van der Waals surface area contributed by atoms with E-state index in [4.69, 9.17) is 0 Å². The molecular weight excluding hydrogens is 240 g/mol. The van der Waals surface area contributed by atoms with Gasteiger partial charge in [-0.1, -0.05) is 30.3 Å². The van der Waals surface area contributed by atoms with Crippen LogP contribution in [0, 0.1) is 0 Å². The molecular formula is C15H22N2O2. The van der Waals surface area contributed by atoms with Crippen LogP contribution < -0.4 is 0 Å². The monoisotopic (exact) mass is 262 g/mol. The lowest BCUT2D eigenvalue weighted by atomic mass is 10.0. The highest BCUT2D eigenvalue weighted by Crippen LogP contribution is 2.24. The number of carbonyl (C=O) groups is 1. The Morgan fingerprint density at radius 1 is 1.32 bits per heavy atom. The van der Waals surface area contributed by atoms with Gasteiger partial charge in [0.1, 0.15) is 6.04 Å². The van der Waals surface area contributed by atoms with E-state index in [1.807, 2.05) is 25.2 Å². The Bertz CT molecular complexity index is 421. The van der Waals surface area contributed by atoms with Gasteiger partial charge in [0.05, 0.1) is 6.61 Å². The predicted octanol–water partition coefficient (Wildman–Crippen LogP) is 1.27. The molecule has 1 N–H and O–H groups in total. The maximum Gasteiger partial charge on any atom is 0.242 e. The number of benzene rings is 1. The number of likely N-dealkylation sites (N-methyl/N-ethyl adjacent to an activating group) is 1. The quantitative estimate of drug-likeness (QED) is 0.892. The van der Waals surface area contributed by atoms with Gasteiger partial charge in [0.15, 0.2) is 0 Å². The third-order valence-electron chi connectivity index (χ3n) is 3.92. The van der Waals surface area contributed by atoms with Crippen molar-refractivity contribution < 1.29 is 9.90 Å². The van der Waals surface area contributed by atoms with Crippen LogP contribution in [-0.2, 0) is 4.79 Å². The minimum atomic E-state index is -0.428. The molecule has 0 aromatic heterocycles. The lowest BCUT2D eigenvalue weighted by Gasteiger charge is -2.33. The van der Waals surface area contributed by atoms with E-state index in [9.17, 15) is 9.90 Å². The summed E-state index contributed by atoms with van der Waals surface area (Å²) in [5, 5.41) is 9.58. The molecule has 0 aliphatic carbocycles. The van der Waals surface area contributed by atoms with Crippen LogP contribution in [0.4, 0.5) is 0 Å². The van der Waals surface area contributed by atoms with Crippen LogP contribution in [0.3, 0.4) is 0 Å². The first-order valence-electron chi connectivity index (χ1n) is 6.81. The smallest absolute Gasteiger partial charge is 0.242 e. The van der Waals surface area contributed by atoms with Gasteiger partial charge in [-0.25, -0.2) is 0 Å². The molecule has 19 heavy (non-hydrogen) atoms. The third-order valence-corrected chi connectivity index (χ3v) is 3.92. The van der Waals surface area contributed by atoms with E-state index in [1.165, 1.54) is 5.56 Å². The first-order valence-corrected chi connectivity index (χ1v) is 6.81. The van der Waals surface area contributed by atoms with Crippen molar-refractivity contribution >= 4 is 5.91 Å². The number of amides is 1. The van der Waals surface area contributed by atoms with Crippen molar-refractivity contribution in [1.29, 1.82) is 0 Å². The minimum absolute atomic E-state index is 0.0165. The molecule has 1 aliphatic heterocycles. The second-order valence-electron chi connectivity index (χ2n) is 5.14. The first kappa shape index (κ1) is 14.0. The van der Waals surface area contributed by atoms with Crippen LogP contribution in [0.25, 0.3) is 0 Å². The van der Waals surface area contributed by atoms with Crippen LogP contribution in [0.15, 0.2) is 30.3 Å². The highest BCUT2D eigenvalue weighted by atomic mass is 16.3. The van der Waals surface area contributed by atoms with Crippen LogP contribution in [-0.4, -0.2) is 53.6 Å². The summed E-state index contributed by atoms with van der Waals surface area (Å²) in [6.07, 6.45) is 0.940. The summed E-state index contributed by atoms with van der Waals surface area (Å²) < 4.78 is 0. The Hall–Kier alpha value is -1.39. The SMILES string of the molecule is CC(c1ccccc1)N1CCCN(C)C(=O)C1CO. The van der Waals surface area contributed by atoms with Gasteiger partial charge in [0.2, 0.25) is 5.91 Å². The van der Waals surface area contributed by atoms with E-state index < -0.39 is 6.04 Å². The molecule has 1 fully saturated rings. The van der Waals surface area contributed by atoms with E-state index in [1.54, 1.807) is 4.90 Å². The van der Waals surface area contributed by atoms with Gasteiger partial charge in [-0.2, -0.15) is 0 Å². The molecule has 0 radical (unpaired) electrons. The molecule has 1 aromatic carbocycles. The lowest BCUT2D eigenvalue weighted by Crippen LogP contribution is -2.47. The minimum Gasteiger partial charge on any atom is -0.394 e. The number of hydrogen-bond acceptors (Lipinski definition) is 3. The first-order chi connectivity index (χ1) is 9.15. The van der Waals surface area contributed by atoms with Gasteiger partial charge in [-0.05, 0) is 18.9 Å². The lowest BCUT2D eigenvalue weighted by molar-refractivity contribution is -0.136. The van der Waals surface area contributed by atoms with Gasteiger partial charge in [-0.3, -0.25) is 9.69 Å². The van der Waals surface area contributed by atoms with Gasteiger partial charge >= 0.3 is 0 Å². The fraction of sp³-hybridized carbons (Fsp3) is 0.533. The van der Waals surface area contributed by atoms with Crippen LogP contribution >= 0.6 is 0 Å². The molecule has 104 valence electrons. The Morgan fingerprint density at radius 3 is 2.63 bits per heavy atom. The molecule has 1 aromatic rings. The molecule has 4 nitrogen and oxygen atoms in total. The summed E-state index contributed by atoms with van der Waals surface area (Å²) in [6, 6.07) is 9.84. The van der Waals surface area contributed by atoms with E-state index >= 15 is 0 Å². The Kier molecular flexibility index (Phi) is 4.56. The number of aliphatic hydroxyl groups excluding tert-OH is 1. The van der Waals surface area contributed by atoms with Crippen LogP contribution in [0.5, 0.6) is 0 Å². The largest absolute Gasteiger partial charge is 0.394 e. The van der Waals surface area contributed by atoms with Crippen molar-refractivity contribution in [2.75, 3.05) is 26.7 Å².